The van der Waals surface area contributed by atoms with E-state index >= 15 is 0 Å². The highest BCUT2D eigenvalue weighted by molar-refractivity contribution is 5.78. The van der Waals surface area contributed by atoms with Crippen molar-refractivity contribution in [1.29, 1.82) is 0 Å². The van der Waals surface area contributed by atoms with Crippen LogP contribution in [0.2, 0.25) is 0 Å². The summed E-state index contributed by atoms with van der Waals surface area (Å²) in [6, 6.07) is 8.28. The molecule has 0 aliphatic heterocycles. The molecule has 0 aliphatic rings. The average Bonchev–Trinajstić information content (AvgIpc) is 2.70. The predicted molar refractivity (Wildman–Crippen MR) is 118 cm³/mol. The van der Waals surface area contributed by atoms with Gasteiger partial charge in [-0.15, -0.1) is 0 Å². The Morgan fingerprint density at radius 2 is 1.13 bits per heavy atom. The Hall–Kier alpha value is -2.00. The van der Waals surface area contributed by atoms with Crippen molar-refractivity contribution in [3.63, 3.8) is 0 Å². The average molecular weight is 423 g/mol. The van der Waals surface area contributed by atoms with Crippen molar-refractivity contribution < 1.29 is 19.1 Å². The summed E-state index contributed by atoms with van der Waals surface area (Å²) in [6.07, 6.45) is 1.63. The van der Waals surface area contributed by atoms with Gasteiger partial charge in [-0.25, -0.2) is 0 Å². The number of rotatable bonds is 16. The first kappa shape index (κ1) is 26.0. The van der Waals surface area contributed by atoms with Crippen LogP contribution in [0, 0.1) is 0 Å². The number of hydrogen-bond acceptors (Lipinski definition) is 6. The number of carbonyl (C=O) groups excluding carboxylic acids is 2. The molecule has 1 aromatic carbocycles. The van der Waals surface area contributed by atoms with Crippen LogP contribution >= 0.6 is 0 Å². The van der Waals surface area contributed by atoms with E-state index in [1.165, 1.54) is 0 Å². The van der Waals surface area contributed by atoms with Crippen LogP contribution in [0.25, 0.3) is 0 Å². The van der Waals surface area contributed by atoms with E-state index in [2.05, 4.69) is 34.9 Å². The van der Waals surface area contributed by atoms with Gasteiger partial charge in [0.25, 0.3) is 0 Å². The predicted octanol–water partition coefficient (Wildman–Crippen LogP) is 0.856. The van der Waals surface area contributed by atoms with Crippen LogP contribution in [-0.4, -0.2) is 89.3 Å². The van der Waals surface area contributed by atoms with Crippen LogP contribution in [0.5, 0.6) is 0 Å². The fraction of sp³-hybridized carbons (Fsp3) is 0.636. The Morgan fingerprint density at radius 1 is 0.767 bits per heavy atom. The Morgan fingerprint density at radius 3 is 1.47 bits per heavy atom. The molecule has 0 radical (unpaired) electrons. The number of hydrogen-bond donors (Lipinski definition) is 2. The number of methoxy groups -OCH3 is 2. The molecule has 30 heavy (non-hydrogen) atoms. The van der Waals surface area contributed by atoms with Crippen LogP contribution in [-0.2, 0) is 32.2 Å². The van der Waals surface area contributed by atoms with Gasteiger partial charge < -0.3 is 20.1 Å². The maximum Gasteiger partial charge on any atom is 0.234 e. The molecule has 0 bridgehead atoms. The topological polar surface area (TPSA) is 83.1 Å². The summed E-state index contributed by atoms with van der Waals surface area (Å²) in [5, 5.41) is 5.79. The number of likely N-dealkylation sites (N-methyl/N-ethyl adjacent to an activating group) is 2. The highest BCUT2D eigenvalue weighted by Crippen LogP contribution is 2.08. The molecule has 0 aliphatic carbocycles. The molecule has 0 unspecified atom stereocenters. The first-order valence-corrected chi connectivity index (χ1v) is 10.4. The van der Waals surface area contributed by atoms with Crippen LogP contribution < -0.4 is 10.6 Å². The van der Waals surface area contributed by atoms with E-state index in [0.29, 0.717) is 52.5 Å². The third-order valence-electron chi connectivity index (χ3n) is 4.45. The third kappa shape index (κ3) is 12.5. The summed E-state index contributed by atoms with van der Waals surface area (Å²) in [5.74, 6) is 0.0414. The molecule has 0 saturated carbocycles. The molecule has 0 atom stereocenters. The lowest BCUT2D eigenvalue weighted by Crippen LogP contribution is -2.35. The molecular formula is C22H38N4O4. The number of nitrogens with zero attached hydrogens (tertiary/aromatic N) is 2. The van der Waals surface area contributed by atoms with E-state index in [-0.39, 0.29) is 11.8 Å². The van der Waals surface area contributed by atoms with Crippen LogP contribution in [0.3, 0.4) is 0 Å². The molecule has 0 heterocycles. The van der Waals surface area contributed by atoms with E-state index in [1.54, 1.807) is 14.2 Å². The Kier molecular flexibility index (Phi) is 13.7. The first-order chi connectivity index (χ1) is 14.4. The molecular weight excluding hydrogens is 384 g/mol. The van der Waals surface area contributed by atoms with Crippen LogP contribution in [0.4, 0.5) is 0 Å². The highest BCUT2D eigenvalue weighted by Gasteiger charge is 2.09. The lowest BCUT2D eigenvalue weighted by molar-refractivity contribution is -0.122. The normalized spacial score (nSPS) is 11.1. The zero-order chi connectivity index (χ0) is 22.2. The van der Waals surface area contributed by atoms with Crippen molar-refractivity contribution >= 4 is 11.8 Å². The number of nitrogens with one attached hydrogen (secondary N) is 2. The molecule has 0 fully saturated rings. The lowest BCUT2D eigenvalue weighted by Gasteiger charge is -2.18. The van der Waals surface area contributed by atoms with E-state index in [4.69, 9.17) is 9.47 Å². The smallest absolute Gasteiger partial charge is 0.234 e. The van der Waals surface area contributed by atoms with E-state index in [9.17, 15) is 9.59 Å². The summed E-state index contributed by atoms with van der Waals surface area (Å²) in [5.41, 5.74) is 2.29. The second kappa shape index (κ2) is 15.8. The zero-order valence-corrected chi connectivity index (χ0v) is 18.9. The number of amides is 2. The molecule has 2 amide bonds. The molecule has 8 heteroatoms. The minimum atomic E-state index is 0.0207. The Bertz CT molecular complexity index is 557. The van der Waals surface area contributed by atoms with Gasteiger partial charge in [0.1, 0.15) is 0 Å². The first-order valence-electron chi connectivity index (χ1n) is 10.4. The quantitative estimate of drug-likeness (QED) is 0.385. The van der Waals surface area contributed by atoms with E-state index in [0.717, 1.165) is 24.0 Å². The molecule has 0 aromatic heterocycles. The highest BCUT2D eigenvalue weighted by atomic mass is 16.5. The summed E-state index contributed by atoms with van der Waals surface area (Å²) in [7, 11) is 7.17. The zero-order valence-electron chi connectivity index (χ0n) is 18.9. The summed E-state index contributed by atoms with van der Waals surface area (Å²) in [4.78, 5) is 27.8. The van der Waals surface area contributed by atoms with Gasteiger partial charge in [0, 0.05) is 53.6 Å². The molecule has 0 spiro atoms. The molecule has 2 N–H and O–H groups in total. The van der Waals surface area contributed by atoms with Crippen molar-refractivity contribution in [2.24, 2.45) is 0 Å². The fourth-order valence-electron chi connectivity index (χ4n) is 2.98. The number of carbonyl (C=O) groups is 2. The summed E-state index contributed by atoms with van der Waals surface area (Å²) in [6.45, 7) is 4.68. The SMILES string of the molecule is COCCCNC(=O)CN(C)Cc1ccc(CN(C)CC(=O)NCCCOC)cc1. The maximum absolute atomic E-state index is 11.9. The van der Waals surface area contributed by atoms with Gasteiger partial charge >= 0.3 is 0 Å². The van der Waals surface area contributed by atoms with Crippen LogP contribution in [0.15, 0.2) is 24.3 Å². The maximum atomic E-state index is 11.9. The van der Waals surface area contributed by atoms with Crippen molar-refractivity contribution in [3.05, 3.63) is 35.4 Å². The van der Waals surface area contributed by atoms with Gasteiger partial charge in [0.05, 0.1) is 13.1 Å². The van der Waals surface area contributed by atoms with Crippen molar-refractivity contribution in [2.45, 2.75) is 25.9 Å². The standard InChI is InChI=1S/C22H38N4O4/c1-25(17-21(27)23-11-5-13-29-3)15-19-7-9-20(10-8-19)16-26(2)18-22(28)24-12-6-14-30-4/h7-10H,5-6,11-18H2,1-4H3,(H,23,27)(H,24,28). The van der Waals surface area contributed by atoms with Gasteiger partial charge in [0.15, 0.2) is 0 Å². The van der Waals surface area contributed by atoms with Gasteiger partial charge in [-0.05, 0) is 38.1 Å². The van der Waals surface area contributed by atoms with Crippen molar-refractivity contribution in [1.82, 2.24) is 20.4 Å². The molecule has 170 valence electrons. The third-order valence-corrected chi connectivity index (χ3v) is 4.45. The second-order valence-corrected chi connectivity index (χ2v) is 7.55. The van der Waals surface area contributed by atoms with Gasteiger partial charge in [-0.3, -0.25) is 19.4 Å². The van der Waals surface area contributed by atoms with E-state index in [1.807, 2.05) is 23.9 Å². The van der Waals surface area contributed by atoms with E-state index < -0.39 is 0 Å². The summed E-state index contributed by atoms with van der Waals surface area (Å²) < 4.78 is 9.94. The van der Waals surface area contributed by atoms with Crippen molar-refractivity contribution in [3.8, 4) is 0 Å². The molecule has 8 nitrogen and oxygen atoms in total. The monoisotopic (exact) mass is 422 g/mol. The fourth-order valence-corrected chi connectivity index (χ4v) is 2.98. The molecule has 0 saturated heterocycles. The van der Waals surface area contributed by atoms with Crippen LogP contribution in [0.1, 0.15) is 24.0 Å². The lowest BCUT2D eigenvalue weighted by atomic mass is 10.1. The number of benzene rings is 1. The minimum absolute atomic E-state index is 0.0207. The van der Waals surface area contributed by atoms with Gasteiger partial charge in [-0.2, -0.15) is 0 Å². The largest absolute Gasteiger partial charge is 0.385 e. The Labute approximate surface area is 180 Å². The Balaban J connectivity index is 2.31. The summed E-state index contributed by atoms with van der Waals surface area (Å²) >= 11 is 0. The number of ether oxygens (including phenoxy) is 2. The second-order valence-electron chi connectivity index (χ2n) is 7.55. The minimum Gasteiger partial charge on any atom is -0.385 e. The van der Waals surface area contributed by atoms with Gasteiger partial charge in [0.2, 0.25) is 11.8 Å². The molecule has 1 aromatic rings. The van der Waals surface area contributed by atoms with Crippen molar-refractivity contribution in [2.75, 3.05) is 67.7 Å². The molecule has 1 rings (SSSR count). The van der Waals surface area contributed by atoms with Gasteiger partial charge in [-0.1, -0.05) is 24.3 Å².